The van der Waals surface area contributed by atoms with Crippen molar-refractivity contribution in [1.29, 1.82) is 0 Å². The fraction of sp³-hybridized carbons (Fsp3) is 0.133. The summed E-state index contributed by atoms with van der Waals surface area (Å²) in [6.45, 7) is 1.41. The topological polar surface area (TPSA) is 75.6 Å². The van der Waals surface area contributed by atoms with Crippen LogP contribution in [-0.2, 0) is 13.1 Å². The maximum atomic E-state index is 4.55. The van der Waals surface area contributed by atoms with Crippen LogP contribution < -0.4 is 10.6 Å². The second-order valence-corrected chi connectivity index (χ2v) is 8.46. The van der Waals surface area contributed by atoms with Crippen LogP contribution in [0.5, 0.6) is 0 Å². The summed E-state index contributed by atoms with van der Waals surface area (Å²) in [4.78, 5) is 18.2. The van der Waals surface area contributed by atoms with Gasteiger partial charge in [-0.25, -0.2) is 0 Å². The van der Waals surface area contributed by atoms with Gasteiger partial charge in [0.05, 0.1) is 34.9 Å². The number of pyridine rings is 4. The first kappa shape index (κ1) is 23.5. The van der Waals surface area contributed by atoms with Crippen molar-refractivity contribution < 1.29 is 0 Å². The Morgan fingerprint density at radius 2 is 0.722 bits per heavy atom. The zero-order chi connectivity index (χ0) is 24.4. The van der Waals surface area contributed by atoms with Crippen molar-refractivity contribution in [3.63, 3.8) is 0 Å². The first-order chi connectivity index (χ1) is 17.9. The van der Waals surface area contributed by atoms with Crippen molar-refractivity contribution in [1.82, 2.24) is 30.6 Å². The Labute approximate surface area is 211 Å². The second kappa shape index (κ2) is 11.9. The lowest BCUT2D eigenvalue weighted by Crippen LogP contribution is -2.24. The highest BCUT2D eigenvalue weighted by molar-refractivity contribution is 5.27. The van der Waals surface area contributed by atoms with E-state index in [4.69, 9.17) is 0 Å². The smallest absolute Gasteiger partial charge is 0.0927 e. The van der Waals surface area contributed by atoms with E-state index in [-0.39, 0.29) is 12.1 Å². The van der Waals surface area contributed by atoms with E-state index in [1.807, 2.05) is 97.6 Å². The van der Waals surface area contributed by atoms with Gasteiger partial charge in [0.15, 0.2) is 0 Å². The van der Waals surface area contributed by atoms with Crippen LogP contribution >= 0.6 is 0 Å². The molecule has 0 unspecified atom stereocenters. The lowest BCUT2D eigenvalue weighted by Gasteiger charge is -2.19. The number of nitrogens with one attached hydrogen (secondary N) is 2. The minimum absolute atomic E-state index is 0.0775. The maximum absolute atomic E-state index is 4.55. The molecule has 0 atom stereocenters. The molecule has 6 heteroatoms. The highest BCUT2D eigenvalue weighted by Gasteiger charge is 2.17. The van der Waals surface area contributed by atoms with Gasteiger partial charge < -0.3 is 0 Å². The second-order valence-electron chi connectivity index (χ2n) is 8.46. The van der Waals surface area contributed by atoms with Gasteiger partial charge in [0.2, 0.25) is 0 Å². The third-order valence-corrected chi connectivity index (χ3v) is 5.98. The Morgan fingerprint density at radius 3 is 0.972 bits per heavy atom. The maximum Gasteiger partial charge on any atom is 0.0927 e. The van der Waals surface area contributed by atoms with Crippen molar-refractivity contribution in [2.75, 3.05) is 0 Å². The van der Waals surface area contributed by atoms with Gasteiger partial charge in [-0.15, -0.1) is 0 Å². The molecule has 0 saturated carbocycles. The Morgan fingerprint density at radius 1 is 0.417 bits per heavy atom. The Hall–Kier alpha value is -4.26. The number of nitrogens with zero attached hydrogens (tertiary/aromatic N) is 4. The van der Waals surface area contributed by atoms with Crippen molar-refractivity contribution in [3.05, 3.63) is 156 Å². The van der Waals surface area contributed by atoms with E-state index in [0.29, 0.717) is 13.1 Å². The molecule has 4 heterocycles. The standard InChI is InChI=1S/C30H28N6/c1-5-17-31-25(9-1)29(26-10-2-6-18-32-26)35-21-23-13-15-24(16-14-23)22-36-30(27-11-3-7-19-33-27)28-12-4-8-20-34-28/h1-20,29-30,35-36H,21-22H2. The van der Waals surface area contributed by atoms with Crippen LogP contribution in [0.3, 0.4) is 0 Å². The molecule has 4 aromatic heterocycles. The van der Waals surface area contributed by atoms with Crippen molar-refractivity contribution >= 4 is 0 Å². The van der Waals surface area contributed by atoms with Crippen molar-refractivity contribution in [3.8, 4) is 0 Å². The number of rotatable bonds is 10. The molecule has 0 aliphatic carbocycles. The molecule has 0 fully saturated rings. The van der Waals surface area contributed by atoms with E-state index >= 15 is 0 Å². The summed E-state index contributed by atoms with van der Waals surface area (Å²) in [6.07, 6.45) is 7.27. The van der Waals surface area contributed by atoms with E-state index in [1.54, 1.807) is 0 Å². The fourth-order valence-electron chi connectivity index (χ4n) is 4.12. The molecule has 2 N–H and O–H groups in total. The normalized spacial score (nSPS) is 11.2. The van der Waals surface area contributed by atoms with Gasteiger partial charge in [-0.3, -0.25) is 30.6 Å². The van der Waals surface area contributed by atoms with E-state index in [2.05, 4.69) is 54.8 Å². The van der Waals surface area contributed by atoms with Crippen LogP contribution in [0.4, 0.5) is 0 Å². The Bertz CT molecular complexity index is 1130. The van der Waals surface area contributed by atoms with E-state index < -0.39 is 0 Å². The summed E-state index contributed by atoms with van der Waals surface area (Å²) >= 11 is 0. The first-order valence-electron chi connectivity index (χ1n) is 12.0. The molecular formula is C30H28N6. The van der Waals surface area contributed by atoms with Gasteiger partial charge in [-0.2, -0.15) is 0 Å². The highest BCUT2D eigenvalue weighted by Crippen LogP contribution is 2.20. The predicted octanol–water partition coefficient (Wildman–Crippen LogP) is 5.03. The third kappa shape index (κ3) is 6.05. The summed E-state index contributed by atoms with van der Waals surface area (Å²) in [7, 11) is 0. The molecule has 5 aromatic rings. The summed E-state index contributed by atoms with van der Waals surface area (Å²) in [6, 6.07) is 32.3. The zero-order valence-electron chi connectivity index (χ0n) is 19.9. The molecule has 5 rings (SSSR count). The van der Waals surface area contributed by atoms with Gasteiger partial charge in [-0.05, 0) is 59.7 Å². The molecule has 36 heavy (non-hydrogen) atoms. The Kier molecular flexibility index (Phi) is 7.78. The molecule has 0 saturated heterocycles. The largest absolute Gasteiger partial charge is 0.300 e. The van der Waals surface area contributed by atoms with Crippen LogP contribution in [0, 0.1) is 0 Å². The van der Waals surface area contributed by atoms with Crippen LogP contribution in [0.15, 0.2) is 122 Å². The van der Waals surface area contributed by atoms with Gasteiger partial charge in [-0.1, -0.05) is 48.5 Å². The molecule has 178 valence electrons. The summed E-state index contributed by atoms with van der Waals surface area (Å²) in [5.41, 5.74) is 6.20. The van der Waals surface area contributed by atoms with Crippen LogP contribution in [0.2, 0.25) is 0 Å². The first-order valence-corrected chi connectivity index (χ1v) is 12.0. The minimum atomic E-state index is -0.0775. The van der Waals surface area contributed by atoms with Crippen molar-refractivity contribution in [2.24, 2.45) is 0 Å². The third-order valence-electron chi connectivity index (χ3n) is 5.98. The van der Waals surface area contributed by atoms with Crippen molar-refractivity contribution in [2.45, 2.75) is 25.2 Å². The van der Waals surface area contributed by atoms with Crippen LogP contribution in [0.1, 0.15) is 46.0 Å². The average molecular weight is 473 g/mol. The predicted molar refractivity (Wildman–Crippen MR) is 141 cm³/mol. The molecule has 6 nitrogen and oxygen atoms in total. The molecule has 0 aliphatic heterocycles. The molecule has 0 radical (unpaired) electrons. The molecule has 0 amide bonds. The van der Waals surface area contributed by atoms with E-state index in [1.165, 1.54) is 11.1 Å². The number of benzene rings is 1. The lowest BCUT2D eigenvalue weighted by atomic mass is 10.1. The summed E-state index contributed by atoms with van der Waals surface area (Å²) in [5, 5.41) is 7.25. The highest BCUT2D eigenvalue weighted by atomic mass is 15.0. The summed E-state index contributed by atoms with van der Waals surface area (Å²) < 4.78 is 0. The van der Waals surface area contributed by atoms with Gasteiger partial charge in [0.25, 0.3) is 0 Å². The van der Waals surface area contributed by atoms with E-state index in [0.717, 1.165) is 22.8 Å². The SMILES string of the molecule is c1ccc(C(NCc2ccc(CNC(c3ccccn3)c3ccccn3)cc2)c2ccccn2)nc1. The number of hydrogen-bond donors (Lipinski definition) is 2. The van der Waals surface area contributed by atoms with Gasteiger partial charge in [0, 0.05) is 37.9 Å². The molecule has 0 spiro atoms. The van der Waals surface area contributed by atoms with Crippen LogP contribution in [0.25, 0.3) is 0 Å². The summed E-state index contributed by atoms with van der Waals surface area (Å²) in [5.74, 6) is 0. The Balaban J connectivity index is 1.25. The van der Waals surface area contributed by atoms with Gasteiger partial charge >= 0.3 is 0 Å². The fourth-order valence-corrected chi connectivity index (χ4v) is 4.12. The minimum Gasteiger partial charge on any atom is -0.300 e. The zero-order valence-corrected chi connectivity index (χ0v) is 19.9. The molecule has 1 aromatic carbocycles. The average Bonchev–Trinajstić information content (AvgIpc) is 2.96. The van der Waals surface area contributed by atoms with Gasteiger partial charge in [0.1, 0.15) is 0 Å². The van der Waals surface area contributed by atoms with E-state index in [9.17, 15) is 0 Å². The van der Waals surface area contributed by atoms with Crippen LogP contribution in [-0.4, -0.2) is 19.9 Å². The quantitative estimate of drug-likeness (QED) is 0.297. The molecular weight excluding hydrogens is 444 g/mol. The molecule has 0 aliphatic rings. The lowest BCUT2D eigenvalue weighted by molar-refractivity contribution is 0.575. The number of aromatic nitrogens is 4. The molecule has 0 bridgehead atoms. The number of hydrogen-bond acceptors (Lipinski definition) is 6. The monoisotopic (exact) mass is 472 g/mol.